The highest BCUT2D eigenvalue weighted by molar-refractivity contribution is 5.94. The topological polar surface area (TPSA) is 83.6 Å². The molecule has 1 saturated heterocycles. The van der Waals surface area contributed by atoms with Crippen LogP contribution in [-0.2, 0) is 4.79 Å². The van der Waals surface area contributed by atoms with E-state index in [1.807, 2.05) is 0 Å². The number of nitrogens with zero attached hydrogens (tertiary/aromatic N) is 1. The molecule has 0 radical (unpaired) electrons. The summed E-state index contributed by atoms with van der Waals surface area (Å²) in [5.41, 5.74) is 6.41. The molecule has 0 atom stereocenters. The lowest BCUT2D eigenvalue weighted by Gasteiger charge is -2.37. The molecule has 100 valence electrons. The molecule has 1 aliphatic heterocycles. The van der Waals surface area contributed by atoms with E-state index >= 15 is 0 Å². The van der Waals surface area contributed by atoms with Gasteiger partial charge in [0.1, 0.15) is 0 Å². The Kier molecular flexibility index (Phi) is 3.97. The Morgan fingerprint density at radius 2 is 1.95 bits per heavy atom. The molecule has 0 unspecified atom stereocenters. The van der Waals surface area contributed by atoms with Crippen molar-refractivity contribution in [3.8, 4) is 0 Å². The molecule has 19 heavy (non-hydrogen) atoms. The van der Waals surface area contributed by atoms with E-state index in [-0.39, 0.29) is 18.4 Å². The molecule has 0 spiro atoms. The number of primary amides is 1. The molecule has 5 nitrogen and oxygen atoms in total. The predicted octanol–water partition coefficient (Wildman–Crippen LogP) is 0.249. The third-order valence-electron chi connectivity index (χ3n) is 3.14. The minimum absolute atomic E-state index is 0.0660. The van der Waals surface area contributed by atoms with Crippen LogP contribution in [0.3, 0.4) is 0 Å². The molecule has 1 heterocycles. The van der Waals surface area contributed by atoms with Crippen molar-refractivity contribution in [2.75, 3.05) is 19.7 Å². The highest BCUT2D eigenvalue weighted by Gasteiger charge is 2.28. The van der Waals surface area contributed by atoms with E-state index in [1.54, 1.807) is 35.2 Å². The van der Waals surface area contributed by atoms with Crippen molar-refractivity contribution in [1.82, 2.24) is 4.90 Å². The van der Waals surface area contributed by atoms with Gasteiger partial charge in [-0.2, -0.15) is 0 Å². The van der Waals surface area contributed by atoms with E-state index in [1.165, 1.54) is 6.08 Å². The second kappa shape index (κ2) is 5.67. The zero-order chi connectivity index (χ0) is 13.8. The average molecular weight is 260 g/mol. The third kappa shape index (κ3) is 3.20. The molecular weight excluding hydrogens is 244 g/mol. The first-order valence-electron chi connectivity index (χ1n) is 6.08. The second-order valence-electron chi connectivity index (χ2n) is 4.61. The molecule has 0 bridgehead atoms. The van der Waals surface area contributed by atoms with Gasteiger partial charge in [0.15, 0.2) is 0 Å². The van der Waals surface area contributed by atoms with E-state index < -0.39 is 5.91 Å². The molecule has 5 heteroatoms. The second-order valence-corrected chi connectivity index (χ2v) is 4.61. The highest BCUT2D eigenvalue weighted by Crippen LogP contribution is 2.15. The standard InChI is InChI=1S/C14H16N2O3/c15-14(19)12-4-1-10(2-5-12)3-6-13(18)16-7-11(8-16)9-17/h1-6,11,17H,7-9H2,(H2,15,19). The predicted molar refractivity (Wildman–Crippen MR) is 71.1 cm³/mol. The molecular formula is C14H16N2O3. The first kappa shape index (κ1) is 13.3. The van der Waals surface area contributed by atoms with Gasteiger partial charge in [-0.3, -0.25) is 9.59 Å². The molecule has 1 fully saturated rings. The third-order valence-corrected chi connectivity index (χ3v) is 3.14. The fraction of sp³-hybridized carbons (Fsp3) is 0.286. The van der Waals surface area contributed by atoms with E-state index in [0.717, 1.165) is 5.56 Å². The number of aliphatic hydroxyl groups is 1. The number of hydrogen-bond acceptors (Lipinski definition) is 3. The van der Waals surface area contributed by atoms with Gasteiger partial charge in [0, 0.05) is 37.3 Å². The summed E-state index contributed by atoms with van der Waals surface area (Å²) >= 11 is 0. The number of carbonyl (C=O) groups excluding carboxylic acids is 2. The fourth-order valence-corrected chi connectivity index (χ4v) is 1.90. The van der Waals surface area contributed by atoms with E-state index in [0.29, 0.717) is 18.7 Å². The molecule has 1 aromatic carbocycles. The van der Waals surface area contributed by atoms with Crippen molar-refractivity contribution in [2.24, 2.45) is 11.7 Å². The summed E-state index contributed by atoms with van der Waals surface area (Å²) < 4.78 is 0. The van der Waals surface area contributed by atoms with Crippen LogP contribution in [0.4, 0.5) is 0 Å². The molecule has 0 aromatic heterocycles. The number of likely N-dealkylation sites (tertiary alicyclic amines) is 1. The van der Waals surface area contributed by atoms with Crippen LogP contribution in [0.2, 0.25) is 0 Å². The summed E-state index contributed by atoms with van der Waals surface area (Å²) in [4.78, 5) is 24.3. The summed E-state index contributed by atoms with van der Waals surface area (Å²) in [6.45, 7) is 1.35. The number of nitrogens with two attached hydrogens (primary N) is 1. The van der Waals surface area contributed by atoms with Crippen LogP contribution in [0.5, 0.6) is 0 Å². The van der Waals surface area contributed by atoms with Crippen molar-refractivity contribution in [3.05, 3.63) is 41.5 Å². The van der Waals surface area contributed by atoms with Crippen molar-refractivity contribution < 1.29 is 14.7 Å². The quantitative estimate of drug-likeness (QED) is 0.761. The monoisotopic (exact) mass is 260 g/mol. The highest BCUT2D eigenvalue weighted by atomic mass is 16.3. The number of hydrogen-bond donors (Lipinski definition) is 2. The van der Waals surface area contributed by atoms with E-state index in [4.69, 9.17) is 10.8 Å². The maximum atomic E-state index is 11.7. The van der Waals surface area contributed by atoms with Crippen molar-refractivity contribution >= 4 is 17.9 Å². The minimum atomic E-state index is -0.470. The molecule has 0 saturated carbocycles. The SMILES string of the molecule is NC(=O)c1ccc(C=CC(=O)N2CC(CO)C2)cc1. The van der Waals surface area contributed by atoms with E-state index in [2.05, 4.69) is 0 Å². The van der Waals surface area contributed by atoms with Gasteiger partial charge in [-0.15, -0.1) is 0 Å². The smallest absolute Gasteiger partial charge is 0.248 e. The van der Waals surface area contributed by atoms with Crippen LogP contribution >= 0.6 is 0 Å². The Labute approximate surface area is 111 Å². The summed E-state index contributed by atoms with van der Waals surface area (Å²) in [5.74, 6) is -0.321. The maximum Gasteiger partial charge on any atom is 0.248 e. The fourth-order valence-electron chi connectivity index (χ4n) is 1.90. The first-order valence-corrected chi connectivity index (χ1v) is 6.08. The van der Waals surface area contributed by atoms with Crippen LogP contribution < -0.4 is 5.73 Å². The maximum absolute atomic E-state index is 11.7. The van der Waals surface area contributed by atoms with Gasteiger partial charge in [0.2, 0.25) is 11.8 Å². The molecule has 2 rings (SSSR count). The van der Waals surface area contributed by atoms with Gasteiger partial charge in [0.25, 0.3) is 0 Å². The summed E-state index contributed by atoms with van der Waals surface area (Å²) in [6, 6.07) is 6.71. The number of carbonyl (C=O) groups is 2. The minimum Gasteiger partial charge on any atom is -0.396 e. The zero-order valence-electron chi connectivity index (χ0n) is 10.5. The van der Waals surface area contributed by atoms with E-state index in [9.17, 15) is 9.59 Å². The molecule has 2 amide bonds. The Balaban J connectivity index is 1.91. The van der Waals surface area contributed by atoms with Crippen LogP contribution in [0.15, 0.2) is 30.3 Å². The Morgan fingerprint density at radius 1 is 1.32 bits per heavy atom. The van der Waals surface area contributed by atoms with Gasteiger partial charge in [-0.25, -0.2) is 0 Å². The van der Waals surface area contributed by atoms with Crippen molar-refractivity contribution in [2.45, 2.75) is 0 Å². The molecule has 3 N–H and O–H groups in total. The Morgan fingerprint density at radius 3 is 2.47 bits per heavy atom. The average Bonchev–Trinajstić information content (AvgIpc) is 2.35. The van der Waals surface area contributed by atoms with Crippen LogP contribution in [0.25, 0.3) is 6.08 Å². The lowest BCUT2D eigenvalue weighted by Crippen LogP contribution is -2.50. The summed E-state index contributed by atoms with van der Waals surface area (Å²) in [5, 5.41) is 8.87. The largest absolute Gasteiger partial charge is 0.396 e. The number of aliphatic hydroxyl groups excluding tert-OH is 1. The number of rotatable bonds is 4. The summed E-state index contributed by atoms with van der Waals surface area (Å²) in [7, 11) is 0. The van der Waals surface area contributed by atoms with Gasteiger partial charge in [-0.05, 0) is 23.8 Å². The first-order chi connectivity index (χ1) is 9.10. The lowest BCUT2D eigenvalue weighted by molar-refractivity contribution is -0.132. The van der Waals surface area contributed by atoms with Gasteiger partial charge in [0.05, 0.1) is 0 Å². The Hall–Kier alpha value is -2.14. The van der Waals surface area contributed by atoms with Crippen molar-refractivity contribution in [1.29, 1.82) is 0 Å². The molecule has 1 aromatic rings. The lowest BCUT2D eigenvalue weighted by atomic mass is 10.0. The molecule has 1 aliphatic rings. The number of amides is 2. The number of benzene rings is 1. The van der Waals surface area contributed by atoms with Gasteiger partial charge >= 0.3 is 0 Å². The normalized spacial score (nSPS) is 15.5. The van der Waals surface area contributed by atoms with Crippen LogP contribution in [-0.4, -0.2) is 41.5 Å². The van der Waals surface area contributed by atoms with Crippen LogP contribution in [0.1, 0.15) is 15.9 Å². The van der Waals surface area contributed by atoms with Gasteiger partial charge < -0.3 is 15.7 Å². The van der Waals surface area contributed by atoms with Crippen molar-refractivity contribution in [3.63, 3.8) is 0 Å². The van der Waals surface area contributed by atoms with Crippen LogP contribution in [0, 0.1) is 5.92 Å². The Bertz CT molecular complexity index is 502. The van der Waals surface area contributed by atoms with Gasteiger partial charge in [-0.1, -0.05) is 12.1 Å². The molecule has 0 aliphatic carbocycles. The zero-order valence-corrected chi connectivity index (χ0v) is 10.5. The summed E-state index contributed by atoms with van der Waals surface area (Å²) in [6.07, 6.45) is 3.19.